The van der Waals surface area contributed by atoms with Crippen LogP contribution in [0.4, 0.5) is 5.69 Å². The summed E-state index contributed by atoms with van der Waals surface area (Å²) in [7, 11) is 2.85. The highest BCUT2D eigenvalue weighted by Crippen LogP contribution is 2.33. The molecule has 2 rings (SSSR count). The van der Waals surface area contributed by atoms with Gasteiger partial charge in [0, 0.05) is 17.7 Å². The molecule has 0 unspecified atom stereocenters. The highest BCUT2D eigenvalue weighted by Gasteiger charge is 2.19. The number of amides is 1. The van der Waals surface area contributed by atoms with Gasteiger partial charge >= 0.3 is 5.97 Å². The van der Waals surface area contributed by atoms with Gasteiger partial charge in [-0.15, -0.1) is 0 Å². The topological polar surface area (TPSA) is 84.9 Å². The summed E-state index contributed by atoms with van der Waals surface area (Å²) in [5.41, 5.74) is 1.33. The van der Waals surface area contributed by atoms with Crippen molar-refractivity contribution in [1.82, 2.24) is 0 Å². The fourth-order valence-electron chi connectivity index (χ4n) is 2.18. The number of hydrogen-bond donors (Lipinski definition) is 2. The van der Waals surface area contributed by atoms with Crippen molar-refractivity contribution in [3.8, 4) is 11.5 Å². The van der Waals surface area contributed by atoms with Gasteiger partial charge in [0.2, 0.25) is 0 Å². The Morgan fingerprint density at radius 3 is 2.17 bits per heavy atom. The Morgan fingerprint density at radius 1 is 1.00 bits per heavy atom. The molecule has 6 nitrogen and oxygen atoms in total. The normalized spacial score (nSPS) is 10.0. The summed E-state index contributed by atoms with van der Waals surface area (Å²) in [6, 6.07) is 9.79. The Hall–Kier alpha value is -3.02. The van der Waals surface area contributed by atoms with E-state index in [1.54, 1.807) is 12.1 Å². The molecular weight excluding hydrogens is 298 g/mol. The van der Waals surface area contributed by atoms with E-state index in [-0.39, 0.29) is 17.0 Å². The van der Waals surface area contributed by atoms with Gasteiger partial charge in [-0.2, -0.15) is 0 Å². The lowest BCUT2D eigenvalue weighted by Gasteiger charge is -2.14. The molecule has 0 fully saturated rings. The van der Waals surface area contributed by atoms with Gasteiger partial charge in [0.1, 0.15) is 0 Å². The predicted octanol–water partition coefficient (Wildman–Crippen LogP) is 2.96. The van der Waals surface area contributed by atoms with E-state index in [2.05, 4.69) is 5.32 Å². The second-order valence-electron chi connectivity index (χ2n) is 4.83. The van der Waals surface area contributed by atoms with Crippen molar-refractivity contribution in [3.05, 3.63) is 53.1 Å². The minimum atomic E-state index is -1.17. The molecule has 0 saturated heterocycles. The molecule has 0 bridgehead atoms. The van der Waals surface area contributed by atoms with Crippen LogP contribution < -0.4 is 14.8 Å². The van der Waals surface area contributed by atoms with Gasteiger partial charge in [-0.1, -0.05) is 18.2 Å². The number of hydrogen-bond acceptors (Lipinski definition) is 4. The Kier molecular flexibility index (Phi) is 4.85. The number of ether oxygens (including phenoxy) is 2. The first-order chi connectivity index (χ1) is 11.0. The monoisotopic (exact) mass is 315 g/mol. The number of aromatic carboxylic acids is 1. The molecule has 120 valence electrons. The zero-order valence-corrected chi connectivity index (χ0v) is 13.0. The van der Waals surface area contributed by atoms with Crippen molar-refractivity contribution in [2.75, 3.05) is 19.5 Å². The van der Waals surface area contributed by atoms with Crippen LogP contribution in [0.5, 0.6) is 11.5 Å². The van der Waals surface area contributed by atoms with E-state index in [1.165, 1.54) is 26.4 Å². The number of anilines is 1. The fourth-order valence-corrected chi connectivity index (χ4v) is 2.18. The Labute approximate surface area is 133 Å². The van der Waals surface area contributed by atoms with Gasteiger partial charge in [-0.25, -0.2) is 4.79 Å². The van der Waals surface area contributed by atoms with Crippen molar-refractivity contribution in [2.24, 2.45) is 0 Å². The first-order valence-corrected chi connectivity index (χ1v) is 6.84. The largest absolute Gasteiger partial charge is 0.493 e. The minimum absolute atomic E-state index is 0.0791. The van der Waals surface area contributed by atoms with Gasteiger partial charge < -0.3 is 19.9 Å². The zero-order chi connectivity index (χ0) is 17.0. The van der Waals surface area contributed by atoms with E-state index < -0.39 is 11.9 Å². The number of carbonyl (C=O) groups excluding carboxylic acids is 1. The Bertz CT molecular complexity index is 755. The average molecular weight is 315 g/mol. The van der Waals surface area contributed by atoms with Gasteiger partial charge in [0.05, 0.1) is 25.5 Å². The van der Waals surface area contributed by atoms with Crippen LogP contribution >= 0.6 is 0 Å². The maximum Gasteiger partial charge on any atom is 0.337 e. The summed E-state index contributed by atoms with van der Waals surface area (Å²) >= 11 is 0. The van der Waals surface area contributed by atoms with Gasteiger partial charge in [0.25, 0.3) is 5.91 Å². The second kappa shape index (κ2) is 6.83. The molecule has 0 spiro atoms. The summed E-state index contributed by atoms with van der Waals surface area (Å²) in [5.74, 6) is -0.958. The molecule has 0 aliphatic rings. The van der Waals surface area contributed by atoms with E-state index in [9.17, 15) is 14.7 Å². The number of carboxylic acid groups (broad SMARTS) is 1. The molecule has 6 heteroatoms. The molecule has 2 aromatic rings. The molecular formula is C17H17NO5. The van der Waals surface area contributed by atoms with Gasteiger partial charge in [-0.05, 0) is 18.6 Å². The zero-order valence-electron chi connectivity index (χ0n) is 13.0. The summed E-state index contributed by atoms with van der Waals surface area (Å²) in [5, 5.41) is 12.0. The van der Waals surface area contributed by atoms with E-state index in [0.717, 1.165) is 5.56 Å². The number of nitrogens with one attached hydrogen (secondary N) is 1. The van der Waals surface area contributed by atoms with Crippen LogP contribution in [-0.2, 0) is 0 Å². The number of carbonyl (C=O) groups is 2. The number of rotatable bonds is 5. The maximum absolute atomic E-state index is 12.4. The van der Waals surface area contributed by atoms with Crippen LogP contribution in [0.1, 0.15) is 26.3 Å². The van der Waals surface area contributed by atoms with Crippen molar-refractivity contribution in [2.45, 2.75) is 6.92 Å². The predicted molar refractivity (Wildman–Crippen MR) is 85.6 cm³/mol. The first kappa shape index (κ1) is 16.4. The van der Waals surface area contributed by atoms with E-state index in [4.69, 9.17) is 9.47 Å². The van der Waals surface area contributed by atoms with Crippen LogP contribution in [0.25, 0.3) is 0 Å². The number of carboxylic acids is 1. The molecule has 0 atom stereocenters. The lowest BCUT2D eigenvalue weighted by molar-refractivity contribution is 0.0697. The van der Waals surface area contributed by atoms with Crippen molar-refractivity contribution >= 4 is 17.6 Å². The third-order valence-corrected chi connectivity index (χ3v) is 3.39. The molecule has 0 aliphatic heterocycles. The minimum Gasteiger partial charge on any atom is -0.493 e. The standard InChI is InChI=1S/C17H17NO5/c1-10-6-4-5-7-11(10)16(19)18-13-9-15(23-3)14(22-2)8-12(13)17(20)21/h4-9H,1-3H3,(H,18,19)(H,20,21). The van der Waals surface area contributed by atoms with E-state index >= 15 is 0 Å². The number of aryl methyl sites for hydroxylation is 1. The molecule has 2 N–H and O–H groups in total. The number of benzene rings is 2. The molecule has 0 heterocycles. The molecule has 0 aromatic heterocycles. The van der Waals surface area contributed by atoms with Gasteiger partial charge in [-0.3, -0.25) is 4.79 Å². The molecule has 0 aliphatic carbocycles. The van der Waals surface area contributed by atoms with Gasteiger partial charge in [0.15, 0.2) is 11.5 Å². The highest BCUT2D eigenvalue weighted by molar-refractivity contribution is 6.08. The van der Waals surface area contributed by atoms with Crippen LogP contribution in [-0.4, -0.2) is 31.2 Å². The SMILES string of the molecule is COc1cc(NC(=O)c2ccccc2C)c(C(=O)O)cc1OC. The summed E-state index contributed by atoms with van der Waals surface area (Å²) in [6.45, 7) is 1.81. The van der Waals surface area contributed by atoms with Crippen LogP contribution in [0, 0.1) is 6.92 Å². The van der Waals surface area contributed by atoms with Crippen molar-refractivity contribution < 1.29 is 24.2 Å². The smallest absolute Gasteiger partial charge is 0.337 e. The molecule has 0 saturated carbocycles. The molecule has 1 amide bonds. The fraction of sp³-hybridized carbons (Fsp3) is 0.176. The summed E-state index contributed by atoms with van der Waals surface area (Å²) < 4.78 is 10.2. The maximum atomic E-state index is 12.4. The molecule has 2 aromatic carbocycles. The quantitative estimate of drug-likeness (QED) is 0.886. The number of methoxy groups -OCH3 is 2. The highest BCUT2D eigenvalue weighted by atomic mass is 16.5. The van der Waals surface area contributed by atoms with Crippen LogP contribution in [0.15, 0.2) is 36.4 Å². The lowest BCUT2D eigenvalue weighted by Crippen LogP contribution is -2.16. The van der Waals surface area contributed by atoms with Crippen LogP contribution in [0.3, 0.4) is 0 Å². The lowest BCUT2D eigenvalue weighted by atomic mass is 10.1. The van der Waals surface area contributed by atoms with Crippen molar-refractivity contribution in [3.63, 3.8) is 0 Å². The van der Waals surface area contributed by atoms with E-state index in [1.807, 2.05) is 19.1 Å². The van der Waals surface area contributed by atoms with Crippen LogP contribution in [0.2, 0.25) is 0 Å². The molecule has 23 heavy (non-hydrogen) atoms. The first-order valence-electron chi connectivity index (χ1n) is 6.84. The van der Waals surface area contributed by atoms with Crippen molar-refractivity contribution in [1.29, 1.82) is 0 Å². The Morgan fingerprint density at radius 2 is 1.61 bits per heavy atom. The second-order valence-corrected chi connectivity index (χ2v) is 4.83. The third-order valence-electron chi connectivity index (χ3n) is 3.39. The molecule has 0 radical (unpaired) electrons. The average Bonchev–Trinajstić information content (AvgIpc) is 2.54. The summed E-state index contributed by atoms with van der Waals surface area (Å²) in [4.78, 5) is 23.8. The summed E-state index contributed by atoms with van der Waals surface area (Å²) in [6.07, 6.45) is 0. The van der Waals surface area contributed by atoms with E-state index in [0.29, 0.717) is 11.3 Å². The third kappa shape index (κ3) is 3.42. The Balaban J connectivity index is 2.44.